The predicted molar refractivity (Wildman–Crippen MR) is 95.4 cm³/mol. The number of benzene rings is 1. The summed E-state index contributed by atoms with van der Waals surface area (Å²) in [6, 6.07) is 11.8. The highest BCUT2D eigenvalue weighted by atomic mass is 16.5. The molecule has 2 aromatic rings. The smallest absolute Gasteiger partial charge is 0.213 e. The van der Waals surface area contributed by atoms with E-state index in [1.165, 1.54) is 0 Å². The Balaban J connectivity index is 2.00. The standard InChI is InChI=1S/C18H24N4O2/c1-19-18(21-12-14-9-10-20-17(11-14)24-4)22(2)13-15-7-5-6-8-16(15)23-3/h5-11H,12-13H2,1-4H3,(H,19,21). The number of pyridine rings is 1. The number of aromatic nitrogens is 1. The Labute approximate surface area is 143 Å². The van der Waals surface area contributed by atoms with Gasteiger partial charge in [0.1, 0.15) is 5.75 Å². The van der Waals surface area contributed by atoms with E-state index in [9.17, 15) is 0 Å². The van der Waals surface area contributed by atoms with Crippen LogP contribution >= 0.6 is 0 Å². The number of hydrogen-bond acceptors (Lipinski definition) is 4. The molecule has 1 heterocycles. The molecule has 0 aliphatic heterocycles. The SMILES string of the molecule is CN=C(NCc1ccnc(OC)c1)N(C)Cc1ccccc1OC. The molecule has 0 bridgehead atoms. The third-order valence-electron chi connectivity index (χ3n) is 3.63. The van der Waals surface area contributed by atoms with Crippen LogP contribution < -0.4 is 14.8 Å². The van der Waals surface area contributed by atoms with E-state index in [0.29, 0.717) is 19.0 Å². The van der Waals surface area contributed by atoms with Gasteiger partial charge in [0.25, 0.3) is 0 Å². The van der Waals surface area contributed by atoms with Gasteiger partial charge in [-0.25, -0.2) is 4.98 Å². The minimum Gasteiger partial charge on any atom is -0.496 e. The summed E-state index contributed by atoms with van der Waals surface area (Å²) in [5, 5.41) is 3.35. The van der Waals surface area contributed by atoms with Crippen molar-refractivity contribution < 1.29 is 9.47 Å². The first-order chi connectivity index (χ1) is 11.7. The minimum atomic E-state index is 0.603. The molecule has 128 valence electrons. The van der Waals surface area contributed by atoms with Crippen molar-refractivity contribution in [1.82, 2.24) is 15.2 Å². The van der Waals surface area contributed by atoms with Crippen LogP contribution in [0.3, 0.4) is 0 Å². The zero-order valence-corrected chi connectivity index (χ0v) is 14.6. The molecule has 0 aliphatic rings. The van der Waals surface area contributed by atoms with Gasteiger partial charge < -0.3 is 19.7 Å². The van der Waals surface area contributed by atoms with Crippen LogP contribution in [0.4, 0.5) is 0 Å². The topological polar surface area (TPSA) is 59.0 Å². The van der Waals surface area contributed by atoms with E-state index in [1.807, 2.05) is 37.4 Å². The molecule has 0 aliphatic carbocycles. The van der Waals surface area contributed by atoms with Crippen molar-refractivity contribution in [3.63, 3.8) is 0 Å². The number of aliphatic imine (C=N–C) groups is 1. The van der Waals surface area contributed by atoms with Crippen molar-refractivity contribution in [2.45, 2.75) is 13.1 Å². The third kappa shape index (κ3) is 4.62. The normalized spacial score (nSPS) is 11.1. The maximum atomic E-state index is 5.41. The zero-order chi connectivity index (χ0) is 17.4. The molecule has 6 heteroatoms. The summed E-state index contributed by atoms with van der Waals surface area (Å²) in [6.07, 6.45) is 1.73. The fourth-order valence-corrected chi connectivity index (χ4v) is 2.40. The average molecular weight is 328 g/mol. The molecule has 0 spiro atoms. The van der Waals surface area contributed by atoms with Crippen molar-refractivity contribution in [3.8, 4) is 11.6 Å². The zero-order valence-electron chi connectivity index (χ0n) is 14.6. The van der Waals surface area contributed by atoms with E-state index in [0.717, 1.165) is 22.8 Å². The van der Waals surface area contributed by atoms with Crippen LogP contribution in [0.1, 0.15) is 11.1 Å². The molecule has 2 rings (SSSR count). The molecule has 1 aromatic carbocycles. The van der Waals surface area contributed by atoms with E-state index < -0.39 is 0 Å². The third-order valence-corrected chi connectivity index (χ3v) is 3.63. The van der Waals surface area contributed by atoms with Gasteiger partial charge in [0.05, 0.1) is 14.2 Å². The van der Waals surface area contributed by atoms with Crippen LogP contribution in [-0.2, 0) is 13.1 Å². The first-order valence-electron chi connectivity index (χ1n) is 7.70. The molecule has 1 aromatic heterocycles. The molecule has 1 N–H and O–H groups in total. The van der Waals surface area contributed by atoms with Crippen molar-refractivity contribution in [3.05, 3.63) is 53.7 Å². The fraction of sp³-hybridized carbons (Fsp3) is 0.333. The summed E-state index contributed by atoms with van der Waals surface area (Å²) in [7, 11) is 7.06. The van der Waals surface area contributed by atoms with Gasteiger partial charge in [0, 0.05) is 45.0 Å². The predicted octanol–water partition coefficient (Wildman–Crippen LogP) is 2.31. The highest BCUT2D eigenvalue weighted by Gasteiger charge is 2.10. The van der Waals surface area contributed by atoms with E-state index in [1.54, 1.807) is 27.5 Å². The minimum absolute atomic E-state index is 0.603. The Bertz CT molecular complexity index is 688. The average Bonchev–Trinajstić information content (AvgIpc) is 2.63. The van der Waals surface area contributed by atoms with Crippen LogP contribution in [0.25, 0.3) is 0 Å². The van der Waals surface area contributed by atoms with Crippen molar-refractivity contribution in [1.29, 1.82) is 0 Å². The molecule has 0 amide bonds. The molecule has 0 fully saturated rings. The van der Waals surface area contributed by atoms with Gasteiger partial charge in [0.15, 0.2) is 5.96 Å². The van der Waals surface area contributed by atoms with Crippen molar-refractivity contribution >= 4 is 5.96 Å². The van der Waals surface area contributed by atoms with Gasteiger partial charge in [0.2, 0.25) is 5.88 Å². The first kappa shape index (κ1) is 17.6. The number of ether oxygens (including phenoxy) is 2. The molecule has 6 nitrogen and oxygen atoms in total. The first-order valence-corrected chi connectivity index (χ1v) is 7.70. The Kier molecular flexibility index (Phi) is 6.42. The maximum Gasteiger partial charge on any atom is 0.213 e. The lowest BCUT2D eigenvalue weighted by Crippen LogP contribution is -2.38. The number of hydrogen-bond donors (Lipinski definition) is 1. The highest BCUT2D eigenvalue weighted by Crippen LogP contribution is 2.18. The molecule has 0 radical (unpaired) electrons. The number of methoxy groups -OCH3 is 2. The number of nitrogens with one attached hydrogen (secondary N) is 1. The maximum absolute atomic E-state index is 5.41. The monoisotopic (exact) mass is 328 g/mol. The summed E-state index contributed by atoms with van der Waals surface area (Å²) < 4.78 is 10.6. The van der Waals surface area contributed by atoms with Crippen LogP contribution in [0.15, 0.2) is 47.6 Å². The molecular weight excluding hydrogens is 304 g/mol. The quantitative estimate of drug-likeness (QED) is 0.651. The van der Waals surface area contributed by atoms with Gasteiger partial charge in [-0.3, -0.25) is 4.99 Å². The molecule has 24 heavy (non-hydrogen) atoms. The summed E-state index contributed by atoms with van der Waals surface area (Å²) in [5.74, 6) is 2.28. The molecule has 0 saturated heterocycles. The molecular formula is C18H24N4O2. The van der Waals surface area contributed by atoms with Gasteiger partial charge in [-0.1, -0.05) is 18.2 Å². The Morgan fingerprint density at radius 1 is 1.21 bits per heavy atom. The molecule has 0 unspecified atom stereocenters. The van der Waals surface area contributed by atoms with Crippen LogP contribution in [0.2, 0.25) is 0 Å². The van der Waals surface area contributed by atoms with E-state index >= 15 is 0 Å². The van der Waals surface area contributed by atoms with Crippen LogP contribution in [0.5, 0.6) is 11.6 Å². The van der Waals surface area contributed by atoms with Gasteiger partial charge in [-0.2, -0.15) is 0 Å². The number of guanidine groups is 1. The van der Waals surface area contributed by atoms with Crippen molar-refractivity contribution in [2.24, 2.45) is 4.99 Å². The number of rotatable bonds is 6. The van der Waals surface area contributed by atoms with E-state index in [4.69, 9.17) is 9.47 Å². The lowest BCUT2D eigenvalue weighted by molar-refractivity contribution is 0.395. The summed E-state index contributed by atoms with van der Waals surface area (Å²) in [4.78, 5) is 10.5. The molecule has 0 atom stereocenters. The fourth-order valence-electron chi connectivity index (χ4n) is 2.40. The van der Waals surface area contributed by atoms with Gasteiger partial charge in [-0.05, 0) is 17.7 Å². The largest absolute Gasteiger partial charge is 0.496 e. The van der Waals surface area contributed by atoms with Crippen LogP contribution in [0, 0.1) is 0 Å². The Morgan fingerprint density at radius 2 is 2.00 bits per heavy atom. The second-order valence-corrected chi connectivity index (χ2v) is 5.28. The second-order valence-electron chi connectivity index (χ2n) is 5.28. The number of para-hydroxylation sites is 1. The number of nitrogens with zero attached hydrogens (tertiary/aromatic N) is 3. The lowest BCUT2D eigenvalue weighted by Gasteiger charge is -2.23. The van der Waals surface area contributed by atoms with E-state index in [2.05, 4.69) is 26.3 Å². The Hall–Kier alpha value is -2.76. The van der Waals surface area contributed by atoms with Gasteiger partial charge in [-0.15, -0.1) is 0 Å². The van der Waals surface area contributed by atoms with Gasteiger partial charge >= 0.3 is 0 Å². The molecule has 0 saturated carbocycles. The van der Waals surface area contributed by atoms with Crippen LogP contribution in [-0.4, -0.2) is 44.2 Å². The van der Waals surface area contributed by atoms with Crippen molar-refractivity contribution in [2.75, 3.05) is 28.3 Å². The lowest BCUT2D eigenvalue weighted by atomic mass is 10.2. The highest BCUT2D eigenvalue weighted by molar-refractivity contribution is 5.79. The second kappa shape index (κ2) is 8.76. The Morgan fingerprint density at radius 3 is 2.71 bits per heavy atom. The summed E-state index contributed by atoms with van der Waals surface area (Å²) in [6.45, 7) is 1.34. The van der Waals surface area contributed by atoms with E-state index in [-0.39, 0.29) is 0 Å². The summed E-state index contributed by atoms with van der Waals surface area (Å²) >= 11 is 0. The summed E-state index contributed by atoms with van der Waals surface area (Å²) in [5.41, 5.74) is 2.18.